The molecule has 0 saturated carbocycles. The highest BCUT2D eigenvalue weighted by Gasteiger charge is 2.29. The zero-order valence-electron chi connectivity index (χ0n) is 6.16. The third-order valence-corrected chi connectivity index (χ3v) is 1.82. The molecule has 1 aromatic heterocycles. The molecule has 2 rings (SSSR count). The largest absolute Gasteiger partial charge is 0.366 e. The third kappa shape index (κ3) is 0.743. The molecule has 1 saturated heterocycles. The van der Waals surface area contributed by atoms with Crippen molar-refractivity contribution in [2.75, 3.05) is 6.61 Å². The van der Waals surface area contributed by atoms with Crippen molar-refractivity contribution >= 4 is 0 Å². The normalized spacial score (nSPS) is 23.2. The summed E-state index contributed by atoms with van der Waals surface area (Å²) < 4.78 is 7.04. The SMILES string of the molecule is Cc1cnn(C)c1[C@@H]1CO1. The van der Waals surface area contributed by atoms with E-state index in [4.69, 9.17) is 4.74 Å². The van der Waals surface area contributed by atoms with Crippen LogP contribution in [0.5, 0.6) is 0 Å². The molecule has 3 heteroatoms. The third-order valence-electron chi connectivity index (χ3n) is 1.82. The van der Waals surface area contributed by atoms with Crippen LogP contribution in [0.1, 0.15) is 17.4 Å². The number of epoxide rings is 1. The van der Waals surface area contributed by atoms with Crippen molar-refractivity contribution in [3.8, 4) is 0 Å². The van der Waals surface area contributed by atoms with E-state index in [9.17, 15) is 0 Å². The first kappa shape index (κ1) is 5.92. The van der Waals surface area contributed by atoms with Gasteiger partial charge in [0, 0.05) is 7.05 Å². The van der Waals surface area contributed by atoms with E-state index >= 15 is 0 Å². The molecular weight excluding hydrogens is 128 g/mol. The molecule has 0 N–H and O–H groups in total. The fraction of sp³-hybridized carbons (Fsp3) is 0.571. The second-order valence-corrected chi connectivity index (χ2v) is 2.66. The van der Waals surface area contributed by atoms with E-state index in [0.717, 1.165) is 6.61 Å². The summed E-state index contributed by atoms with van der Waals surface area (Å²) in [4.78, 5) is 0. The Morgan fingerprint density at radius 1 is 1.80 bits per heavy atom. The van der Waals surface area contributed by atoms with E-state index in [1.54, 1.807) is 0 Å². The average Bonchev–Trinajstić information content (AvgIpc) is 2.64. The van der Waals surface area contributed by atoms with Gasteiger partial charge >= 0.3 is 0 Å². The van der Waals surface area contributed by atoms with Crippen molar-refractivity contribution in [3.05, 3.63) is 17.5 Å². The average molecular weight is 138 g/mol. The Morgan fingerprint density at radius 3 is 2.90 bits per heavy atom. The molecule has 1 aliphatic rings. The standard InChI is InChI=1S/C7H10N2O/c1-5-3-8-9(2)7(5)6-4-10-6/h3,6H,4H2,1-2H3/t6-/m0/s1. The van der Waals surface area contributed by atoms with Crippen LogP contribution in [0.3, 0.4) is 0 Å². The summed E-state index contributed by atoms with van der Waals surface area (Å²) in [5.41, 5.74) is 2.45. The lowest BCUT2D eigenvalue weighted by molar-refractivity contribution is 0.403. The number of ether oxygens (including phenoxy) is 1. The first-order valence-electron chi connectivity index (χ1n) is 3.39. The lowest BCUT2D eigenvalue weighted by atomic mass is 10.2. The predicted molar refractivity (Wildman–Crippen MR) is 36.6 cm³/mol. The molecule has 1 aromatic rings. The highest BCUT2D eigenvalue weighted by atomic mass is 16.6. The second kappa shape index (κ2) is 1.83. The van der Waals surface area contributed by atoms with Crippen LogP contribution in [0.25, 0.3) is 0 Å². The molecule has 2 heterocycles. The monoisotopic (exact) mass is 138 g/mol. The van der Waals surface area contributed by atoms with E-state index in [1.165, 1.54) is 11.3 Å². The van der Waals surface area contributed by atoms with Gasteiger partial charge in [-0.2, -0.15) is 5.10 Å². The van der Waals surface area contributed by atoms with Gasteiger partial charge in [0.2, 0.25) is 0 Å². The van der Waals surface area contributed by atoms with Crippen molar-refractivity contribution in [1.29, 1.82) is 0 Å². The van der Waals surface area contributed by atoms with Gasteiger partial charge in [-0.3, -0.25) is 4.68 Å². The first-order chi connectivity index (χ1) is 4.79. The molecule has 0 bridgehead atoms. The molecule has 0 aromatic carbocycles. The fourth-order valence-electron chi connectivity index (χ4n) is 1.23. The Kier molecular flexibility index (Phi) is 1.08. The summed E-state index contributed by atoms with van der Waals surface area (Å²) in [5.74, 6) is 0. The number of nitrogens with zero attached hydrogens (tertiary/aromatic N) is 2. The van der Waals surface area contributed by atoms with E-state index < -0.39 is 0 Å². The molecule has 3 nitrogen and oxygen atoms in total. The van der Waals surface area contributed by atoms with Crippen molar-refractivity contribution in [2.24, 2.45) is 7.05 Å². The van der Waals surface area contributed by atoms with Gasteiger partial charge < -0.3 is 4.74 Å². The summed E-state index contributed by atoms with van der Waals surface area (Å²) in [6.45, 7) is 2.92. The molecule has 0 aliphatic carbocycles. The summed E-state index contributed by atoms with van der Waals surface area (Å²) in [6, 6.07) is 0. The van der Waals surface area contributed by atoms with Crippen LogP contribution in [0, 0.1) is 6.92 Å². The number of rotatable bonds is 1. The lowest BCUT2D eigenvalue weighted by Crippen LogP contribution is -1.97. The van der Waals surface area contributed by atoms with Crippen molar-refractivity contribution < 1.29 is 4.74 Å². The topological polar surface area (TPSA) is 30.4 Å². The summed E-state index contributed by atoms with van der Waals surface area (Å²) in [7, 11) is 1.95. The van der Waals surface area contributed by atoms with Gasteiger partial charge in [0.25, 0.3) is 0 Å². The van der Waals surface area contributed by atoms with E-state index in [0.29, 0.717) is 6.10 Å². The van der Waals surface area contributed by atoms with Crippen LogP contribution in [-0.4, -0.2) is 16.4 Å². The maximum Gasteiger partial charge on any atom is 0.123 e. The van der Waals surface area contributed by atoms with E-state index in [1.807, 2.05) is 17.9 Å². The Morgan fingerprint density at radius 2 is 2.50 bits per heavy atom. The molecule has 10 heavy (non-hydrogen) atoms. The smallest absolute Gasteiger partial charge is 0.123 e. The maximum absolute atomic E-state index is 5.15. The minimum absolute atomic E-state index is 0.326. The molecule has 0 radical (unpaired) electrons. The minimum Gasteiger partial charge on any atom is -0.366 e. The van der Waals surface area contributed by atoms with E-state index in [-0.39, 0.29) is 0 Å². The Balaban J connectivity index is 2.44. The fourth-order valence-corrected chi connectivity index (χ4v) is 1.23. The van der Waals surface area contributed by atoms with Crippen LogP contribution in [0.15, 0.2) is 6.20 Å². The van der Waals surface area contributed by atoms with Gasteiger partial charge in [0.05, 0.1) is 18.5 Å². The van der Waals surface area contributed by atoms with Gasteiger partial charge in [-0.25, -0.2) is 0 Å². The molecule has 0 amide bonds. The number of aromatic nitrogens is 2. The molecule has 1 atom stereocenters. The Labute approximate surface area is 59.6 Å². The van der Waals surface area contributed by atoms with Gasteiger partial charge in [-0.1, -0.05) is 0 Å². The van der Waals surface area contributed by atoms with Gasteiger partial charge in [-0.15, -0.1) is 0 Å². The van der Waals surface area contributed by atoms with E-state index in [2.05, 4.69) is 12.0 Å². The zero-order valence-corrected chi connectivity index (χ0v) is 6.16. The zero-order chi connectivity index (χ0) is 7.14. The van der Waals surface area contributed by atoms with Crippen LogP contribution in [-0.2, 0) is 11.8 Å². The summed E-state index contributed by atoms with van der Waals surface area (Å²) >= 11 is 0. The highest BCUT2D eigenvalue weighted by Crippen LogP contribution is 2.30. The Bertz CT molecular complexity index is 231. The highest BCUT2D eigenvalue weighted by molar-refractivity contribution is 5.20. The lowest BCUT2D eigenvalue weighted by Gasteiger charge is -1.96. The van der Waals surface area contributed by atoms with Gasteiger partial charge in [0.1, 0.15) is 6.10 Å². The molecule has 1 aliphatic heterocycles. The molecule has 54 valence electrons. The van der Waals surface area contributed by atoms with Gasteiger partial charge in [-0.05, 0) is 12.5 Å². The van der Waals surface area contributed by atoms with Crippen molar-refractivity contribution in [3.63, 3.8) is 0 Å². The van der Waals surface area contributed by atoms with Crippen molar-refractivity contribution in [1.82, 2.24) is 9.78 Å². The maximum atomic E-state index is 5.15. The molecule has 1 fully saturated rings. The molecular formula is C7H10N2O. The minimum atomic E-state index is 0.326. The predicted octanol–water partition coefficient (Wildman–Crippen LogP) is 0.800. The first-order valence-corrected chi connectivity index (χ1v) is 3.39. The van der Waals surface area contributed by atoms with Crippen LogP contribution in [0.4, 0.5) is 0 Å². The van der Waals surface area contributed by atoms with Crippen LogP contribution >= 0.6 is 0 Å². The summed E-state index contributed by atoms with van der Waals surface area (Å²) in [5, 5.41) is 4.11. The number of hydrogen-bond acceptors (Lipinski definition) is 2. The van der Waals surface area contributed by atoms with Crippen LogP contribution in [0.2, 0.25) is 0 Å². The quantitative estimate of drug-likeness (QED) is 0.537. The molecule has 0 unspecified atom stereocenters. The second-order valence-electron chi connectivity index (χ2n) is 2.66. The number of hydrogen-bond donors (Lipinski definition) is 0. The van der Waals surface area contributed by atoms with Crippen LogP contribution < -0.4 is 0 Å². The van der Waals surface area contributed by atoms with Crippen molar-refractivity contribution in [2.45, 2.75) is 13.0 Å². The molecule has 0 spiro atoms. The summed E-state index contributed by atoms with van der Waals surface area (Å²) in [6.07, 6.45) is 2.20. The Hall–Kier alpha value is -0.830. The number of aryl methyl sites for hydroxylation is 2. The van der Waals surface area contributed by atoms with Gasteiger partial charge in [0.15, 0.2) is 0 Å².